The first-order chi connectivity index (χ1) is 14.7. The lowest BCUT2D eigenvalue weighted by Gasteiger charge is -2.33. The van der Waals surface area contributed by atoms with E-state index in [0.717, 1.165) is 42.7 Å². The Kier molecular flexibility index (Phi) is 6.12. The van der Waals surface area contributed by atoms with Crippen LogP contribution in [0.2, 0.25) is 0 Å². The van der Waals surface area contributed by atoms with E-state index in [1.54, 1.807) is 7.11 Å². The predicted molar refractivity (Wildman–Crippen MR) is 114 cm³/mol. The number of aromatic nitrogens is 2. The minimum absolute atomic E-state index is 0.0653. The van der Waals surface area contributed by atoms with Crippen molar-refractivity contribution in [2.75, 3.05) is 20.2 Å². The van der Waals surface area contributed by atoms with Crippen LogP contribution in [0.25, 0.3) is 11.4 Å². The minimum atomic E-state index is -0.109. The zero-order chi connectivity index (χ0) is 20.9. The van der Waals surface area contributed by atoms with E-state index in [4.69, 9.17) is 9.26 Å². The van der Waals surface area contributed by atoms with Crippen molar-refractivity contribution in [3.63, 3.8) is 0 Å². The Morgan fingerprint density at radius 2 is 1.97 bits per heavy atom. The molecule has 1 aromatic heterocycles. The van der Waals surface area contributed by atoms with Crippen molar-refractivity contribution < 1.29 is 14.1 Å². The van der Waals surface area contributed by atoms with Gasteiger partial charge in [0.15, 0.2) is 0 Å². The maximum atomic E-state index is 13.2. The second kappa shape index (κ2) is 9.11. The lowest BCUT2D eigenvalue weighted by Crippen LogP contribution is -2.41. The van der Waals surface area contributed by atoms with Gasteiger partial charge in [0.1, 0.15) is 5.75 Å². The molecule has 2 unspecified atom stereocenters. The molecule has 2 heterocycles. The van der Waals surface area contributed by atoms with Crippen LogP contribution in [0.3, 0.4) is 0 Å². The molecule has 6 heteroatoms. The quantitative estimate of drug-likeness (QED) is 0.597. The number of amides is 1. The molecule has 156 valence electrons. The standard InChI is InChI=1S/C24H27N3O3/c1-3-21(17-8-5-4-6-9-17)24(28)27-15-7-10-19(16-27)23-25-22(26-30-23)18-11-13-20(29-2)14-12-18/h4-6,8-9,11-14,19,21H,3,7,10,15-16H2,1-2H3. The third kappa shape index (κ3) is 4.22. The number of benzene rings is 2. The predicted octanol–water partition coefficient (Wildman–Crippen LogP) is 4.65. The van der Waals surface area contributed by atoms with Gasteiger partial charge < -0.3 is 14.2 Å². The molecular formula is C24H27N3O3. The van der Waals surface area contributed by atoms with Gasteiger partial charge in [0.05, 0.1) is 18.9 Å². The molecule has 0 bridgehead atoms. The molecular weight excluding hydrogens is 378 g/mol. The van der Waals surface area contributed by atoms with Gasteiger partial charge in [-0.3, -0.25) is 4.79 Å². The van der Waals surface area contributed by atoms with Crippen LogP contribution in [0, 0.1) is 0 Å². The molecule has 1 aliphatic heterocycles. The number of piperidine rings is 1. The van der Waals surface area contributed by atoms with E-state index in [-0.39, 0.29) is 17.7 Å². The SMILES string of the molecule is CCC(C(=O)N1CCCC(c2nc(-c3ccc(OC)cc3)no2)C1)c1ccccc1. The lowest BCUT2D eigenvalue weighted by molar-refractivity contribution is -0.134. The summed E-state index contributed by atoms with van der Waals surface area (Å²) in [6.45, 7) is 3.46. The number of carbonyl (C=O) groups is 1. The van der Waals surface area contributed by atoms with E-state index in [2.05, 4.69) is 17.1 Å². The number of carbonyl (C=O) groups excluding carboxylic acids is 1. The second-order valence-corrected chi connectivity index (χ2v) is 7.68. The number of nitrogens with zero attached hydrogens (tertiary/aromatic N) is 3. The van der Waals surface area contributed by atoms with Gasteiger partial charge >= 0.3 is 0 Å². The molecule has 1 aliphatic rings. The van der Waals surface area contributed by atoms with Crippen LogP contribution in [0.15, 0.2) is 59.1 Å². The molecule has 1 fully saturated rings. The normalized spacial score (nSPS) is 17.5. The van der Waals surface area contributed by atoms with Crippen molar-refractivity contribution in [2.45, 2.75) is 38.0 Å². The third-order valence-electron chi connectivity index (χ3n) is 5.78. The number of ether oxygens (including phenoxy) is 1. The number of likely N-dealkylation sites (tertiary alicyclic amines) is 1. The summed E-state index contributed by atoms with van der Waals surface area (Å²) in [5, 5.41) is 4.16. The van der Waals surface area contributed by atoms with Crippen LogP contribution in [-0.2, 0) is 4.79 Å². The van der Waals surface area contributed by atoms with Crippen molar-refractivity contribution in [2.24, 2.45) is 0 Å². The first kappa shape index (κ1) is 20.1. The Balaban J connectivity index is 1.47. The summed E-state index contributed by atoms with van der Waals surface area (Å²) < 4.78 is 10.8. The highest BCUT2D eigenvalue weighted by atomic mass is 16.5. The summed E-state index contributed by atoms with van der Waals surface area (Å²) in [6, 6.07) is 17.6. The van der Waals surface area contributed by atoms with Crippen molar-refractivity contribution in [1.29, 1.82) is 0 Å². The van der Waals surface area contributed by atoms with E-state index >= 15 is 0 Å². The average molecular weight is 405 g/mol. The zero-order valence-corrected chi connectivity index (χ0v) is 17.5. The van der Waals surface area contributed by atoms with Crippen LogP contribution in [0.1, 0.15) is 49.5 Å². The molecule has 4 rings (SSSR count). The molecule has 30 heavy (non-hydrogen) atoms. The van der Waals surface area contributed by atoms with E-state index in [1.165, 1.54) is 0 Å². The fraction of sp³-hybridized carbons (Fsp3) is 0.375. The van der Waals surface area contributed by atoms with Crippen LogP contribution in [0.4, 0.5) is 0 Å². The number of methoxy groups -OCH3 is 1. The van der Waals surface area contributed by atoms with Crippen LogP contribution in [-0.4, -0.2) is 41.1 Å². The van der Waals surface area contributed by atoms with Gasteiger partial charge in [0.2, 0.25) is 17.6 Å². The second-order valence-electron chi connectivity index (χ2n) is 7.68. The van der Waals surface area contributed by atoms with Gasteiger partial charge in [0.25, 0.3) is 0 Å². The van der Waals surface area contributed by atoms with Crippen molar-refractivity contribution in [1.82, 2.24) is 15.0 Å². The van der Waals surface area contributed by atoms with E-state index in [9.17, 15) is 4.79 Å². The van der Waals surface area contributed by atoms with Gasteiger partial charge in [-0.1, -0.05) is 42.4 Å². The Hall–Kier alpha value is -3.15. The van der Waals surface area contributed by atoms with Gasteiger partial charge in [0, 0.05) is 18.7 Å². The summed E-state index contributed by atoms with van der Waals surface area (Å²) >= 11 is 0. The number of hydrogen-bond acceptors (Lipinski definition) is 5. The molecule has 1 amide bonds. The van der Waals surface area contributed by atoms with Crippen molar-refractivity contribution >= 4 is 5.91 Å². The molecule has 0 spiro atoms. The Morgan fingerprint density at radius 3 is 2.67 bits per heavy atom. The molecule has 0 radical (unpaired) electrons. The van der Waals surface area contributed by atoms with E-state index < -0.39 is 0 Å². The highest BCUT2D eigenvalue weighted by Gasteiger charge is 2.32. The summed E-state index contributed by atoms with van der Waals surface area (Å²) in [5.41, 5.74) is 1.95. The molecule has 2 atom stereocenters. The number of hydrogen-bond donors (Lipinski definition) is 0. The molecule has 1 saturated heterocycles. The van der Waals surface area contributed by atoms with Crippen LogP contribution in [0.5, 0.6) is 5.75 Å². The number of rotatable bonds is 6. The fourth-order valence-corrected chi connectivity index (χ4v) is 4.10. The summed E-state index contributed by atoms with van der Waals surface area (Å²) in [7, 11) is 1.64. The van der Waals surface area contributed by atoms with Gasteiger partial charge in [-0.15, -0.1) is 0 Å². The topological polar surface area (TPSA) is 68.5 Å². The fourth-order valence-electron chi connectivity index (χ4n) is 4.10. The largest absolute Gasteiger partial charge is 0.497 e. The van der Waals surface area contributed by atoms with Crippen molar-refractivity contribution in [3.05, 3.63) is 66.1 Å². The maximum absolute atomic E-state index is 13.2. The molecule has 0 aliphatic carbocycles. The average Bonchev–Trinajstić information content (AvgIpc) is 3.31. The van der Waals surface area contributed by atoms with Gasteiger partial charge in [-0.2, -0.15) is 4.98 Å². The van der Waals surface area contributed by atoms with Crippen LogP contribution >= 0.6 is 0 Å². The summed E-state index contributed by atoms with van der Waals surface area (Å²) in [5.74, 6) is 2.09. The molecule has 6 nitrogen and oxygen atoms in total. The smallest absolute Gasteiger partial charge is 0.231 e. The molecule has 0 N–H and O–H groups in total. The van der Waals surface area contributed by atoms with Gasteiger partial charge in [-0.05, 0) is 49.1 Å². The van der Waals surface area contributed by atoms with Crippen LogP contribution < -0.4 is 4.74 Å². The molecule has 2 aromatic carbocycles. The summed E-state index contributed by atoms with van der Waals surface area (Å²) in [4.78, 5) is 19.8. The Labute approximate surface area is 176 Å². The van der Waals surface area contributed by atoms with Crippen molar-refractivity contribution in [3.8, 4) is 17.1 Å². The molecule has 3 aromatic rings. The highest BCUT2D eigenvalue weighted by molar-refractivity contribution is 5.83. The summed E-state index contributed by atoms with van der Waals surface area (Å²) in [6.07, 6.45) is 2.66. The zero-order valence-electron chi connectivity index (χ0n) is 17.5. The van der Waals surface area contributed by atoms with Gasteiger partial charge in [-0.25, -0.2) is 0 Å². The van der Waals surface area contributed by atoms with E-state index in [1.807, 2.05) is 59.5 Å². The first-order valence-corrected chi connectivity index (χ1v) is 10.5. The lowest BCUT2D eigenvalue weighted by atomic mass is 9.92. The first-order valence-electron chi connectivity index (χ1n) is 10.5. The Morgan fingerprint density at radius 1 is 1.20 bits per heavy atom. The van der Waals surface area contributed by atoms with E-state index in [0.29, 0.717) is 18.3 Å². The highest BCUT2D eigenvalue weighted by Crippen LogP contribution is 2.31. The maximum Gasteiger partial charge on any atom is 0.231 e. The molecule has 0 saturated carbocycles. The monoisotopic (exact) mass is 405 g/mol. The Bertz CT molecular complexity index is 969. The third-order valence-corrected chi connectivity index (χ3v) is 5.78. The minimum Gasteiger partial charge on any atom is -0.497 e.